The van der Waals surface area contributed by atoms with Crippen LogP contribution in [0.5, 0.6) is 0 Å². The molecule has 6 heteroatoms. The second-order valence-electron chi connectivity index (χ2n) is 14.4. The van der Waals surface area contributed by atoms with Crippen molar-refractivity contribution < 1.29 is 30.0 Å². The van der Waals surface area contributed by atoms with E-state index in [2.05, 4.69) is 110 Å². The fraction of sp³-hybridized carbons (Fsp3) is 0.318. The van der Waals surface area contributed by atoms with Gasteiger partial charge >= 0.3 is 0 Å². The first-order valence-corrected chi connectivity index (χ1v) is 21.5. The van der Waals surface area contributed by atoms with Gasteiger partial charge in [0.15, 0.2) is 5.78 Å². The van der Waals surface area contributed by atoms with Crippen molar-refractivity contribution in [2.24, 2.45) is 11.8 Å². The smallest absolute Gasteiger partial charge is 0.162 e. The van der Waals surface area contributed by atoms with Crippen LogP contribution in [0.25, 0.3) is 59.8 Å². The third-order valence-corrected chi connectivity index (χ3v) is 12.4. The Bertz CT molecular complexity index is 2310. The zero-order valence-corrected chi connectivity index (χ0v) is 34.0. The Hall–Kier alpha value is -3.83. The summed E-state index contributed by atoms with van der Waals surface area (Å²) in [5, 5.41) is 21.2. The molecular formula is C44H49IrN2O2Si-. The Labute approximate surface area is 311 Å². The third kappa shape index (κ3) is 6.66. The topological polar surface area (TPSA) is 55.1 Å². The normalized spacial score (nSPS) is 12.4. The molecule has 7 rings (SSSR count). The minimum atomic E-state index is -1.67. The summed E-state index contributed by atoms with van der Waals surface area (Å²) >= 11 is 0. The van der Waals surface area contributed by atoms with Gasteiger partial charge in [-0.2, -0.15) is 0 Å². The Kier molecular flexibility index (Phi) is 11.4. The molecule has 5 aromatic carbocycles. The van der Waals surface area contributed by atoms with E-state index in [9.17, 15) is 9.90 Å². The SMILES string of the molecule is CCC(CC)C(=O)/C=C(\O)C(CC)CC.Cc1c2c3cc4ccccc4[c-]c3c3nccc4cc([Si](C)(C)C)c(c2c43)n1-c1ccccc1.[Ir]. The fourth-order valence-electron chi connectivity index (χ4n) is 7.59. The molecule has 7 aromatic rings. The van der Waals surface area contributed by atoms with Crippen LogP contribution in [0, 0.1) is 24.8 Å². The number of carbonyl (C=O) groups is 1. The van der Waals surface area contributed by atoms with Crippen LogP contribution in [0.4, 0.5) is 0 Å². The van der Waals surface area contributed by atoms with E-state index in [1.165, 1.54) is 60.5 Å². The van der Waals surface area contributed by atoms with Crippen LogP contribution in [0.1, 0.15) is 59.1 Å². The molecule has 0 fully saturated rings. The summed E-state index contributed by atoms with van der Waals surface area (Å²) in [6, 6.07) is 30.1. The summed E-state index contributed by atoms with van der Waals surface area (Å²) in [7, 11) is -1.67. The van der Waals surface area contributed by atoms with Crippen molar-refractivity contribution in [2.75, 3.05) is 0 Å². The van der Waals surface area contributed by atoms with E-state index in [4.69, 9.17) is 4.98 Å². The molecule has 1 N–H and O–H groups in total. The maximum atomic E-state index is 11.7. The van der Waals surface area contributed by atoms with Gasteiger partial charge in [0.1, 0.15) is 0 Å². The predicted molar refractivity (Wildman–Crippen MR) is 213 cm³/mol. The maximum absolute atomic E-state index is 11.7. The van der Waals surface area contributed by atoms with Crippen LogP contribution in [-0.4, -0.2) is 28.5 Å². The number of aryl methyl sites for hydroxylation is 1. The minimum Gasteiger partial charge on any atom is -0.512 e. The molecule has 0 saturated carbocycles. The standard InChI is InChI=1S/C31H25N2Si.C13H24O2.Ir/c1-19-27-24-16-20-10-8-9-11-21(20)17-25(24)30-28-22(14-15-32-30)18-26(34(2,3)4)31(29(27)28)33(19)23-12-6-5-7-13-23;1-5-10(6-2)12(14)9-13(15)11(7-3)8-4;/h5-16,18H,1-4H3;9-11,14H,5-8H2,1-4H3;/q-1;;/b;12-9-;. The van der Waals surface area contributed by atoms with Crippen molar-refractivity contribution in [2.45, 2.75) is 79.9 Å². The number of carbonyl (C=O) groups excluding carboxylic acids is 1. The molecule has 0 spiro atoms. The molecule has 0 amide bonds. The summed E-state index contributed by atoms with van der Waals surface area (Å²) in [6.45, 7) is 17.7. The minimum absolute atomic E-state index is 0. The summed E-state index contributed by atoms with van der Waals surface area (Å²) < 4.78 is 2.50. The van der Waals surface area contributed by atoms with E-state index in [1.54, 1.807) is 0 Å². The molecule has 1 radical (unpaired) electrons. The number of hydrogen-bond acceptors (Lipinski definition) is 3. The van der Waals surface area contributed by atoms with E-state index >= 15 is 0 Å². The molecule has 0 atom stereocenters. The predicted octanol–water partition coefficient (Wildman–Crippen LogP) is 11.6. The van der Waals surface area contributed by atoms with Gasteiger partial charge in [0.25, 0.3) is 0 Å². The number of ketones is 1. The van der Waals surface area contributed by atoms with E-state index in [1.807, 2.05) is 33.9 Å². The molecule has 4 nitrogen and oxygen atoms in total. The number of rotatable bonds is 9. The molecule has 50 heavy (non-hydrogen) atoms. The van der Waals surface area contributed by atoms with E-state index in [-0.39, 0.29) is 43.5 Å². The Balaban J connectivity index is 0.000000261. The molecular weight excluding hydrogens is 809 g/mol. The number of fused-ring (bicyclic) bond motifs is 4. The van der Waals surface area contributed by atoms with Crippen molar-refractivity contribution in [1.82, 2.24) is 9.55 Å². The second-order valence-corrected chi connectivity index (χ2v) is 19.5. The van der Waals surface area contributed by atoms with Crippen molar-refractivity contribution in [3.8, 4) is 5.69 Å². The molecule has 0 saturated heterocycles. The number of aliphatic hydroxyl groups is 1. The molecule has 2 heterocycles. The molecule has 0 unspecified atom stereocenters. The first kappa shape index (κ1) is 37.4. The molecule has 0 bridgehead atoms. The van der Waals surface area contributed by atoms with E-state index in [0.29, 0.717) is 0 Å². The van der Waals surface area contributed by atoms with Gasteiger partial charge in [0.2, 0.25) is 0 Å². The van der Waals surface area contributed by atoms with Crippen molar-refractivity contribution in [3.05, 3.63) is 103 Å². The number of hydrogen-bond donors (Lipinski definition) is 1. The molecule has 2 aromatic heterocycles. The summed E-state index contributed by atoms with van der Waals surface area (Å²) in [5.41, 5.74) is 4.92. The van der Waals surface area contributed by atoms with E-state index in [0.717, 1.165) is 42.0 Å². The zero-order chi connectivity index (χ0) is 35.0. The van der Waals surface area contributed by atoms with Gasteiger partial charge in [-0.15, -0.1) is 23.6 Å². The van der Waals surface area contributed by atoms with E-state index < -0.39 is 8.07 Å². The average Bonchev–Trinajstić information content (AvgIpc) is 3.41. The first-order chi connectivity index (χ1) is 23.5. The van der Waals surface area contributed by atoms with Gasteiger partial charge in [-0.25, -0.2) is 0 Å². The van der Waals surface area contributed by atoms with Gasteiger partial charge < -0.3 is 9.67 Å². The van der Waals surface area contributed by atoms with Gasteiger partial charge in [0, 0.05) is 66.5 Å². The van der Waals surface area contributed by atoms with Gasteiger partial charge in [-0.3, -0.25) is 9.78 Å². The summed E-state index contributed by atoms with van der Waals surface area (Å²) in [4.78, 5) is 16.7. The van der Waals surface area contributed by atoms with Crippen LogP contribution in [0.2, 0.25) is 19.6 Å². The second kappa shape index (κ2) is 15.2. The van der Waals surface area contributed by atoms with Crippen molar-refractivity contribution >= 4 is 73.2 Å². The number of aromatic nitrogens is 2. The molecule has 261 valence electrons. The average molecular weight is 858 g/mol. The third-order valence-electron chi connectivity index (χ3n) is 10.4. The number of pyridine rings is 1. The van der Waals surface area contributed by atoms with Gasteiger partial charge in [-0.05, 0) is 72.2 Å². The van der Waals surface area contributed by atoms with Crippen LogP contribution in [-0.2, 0) is 24.9 Å². The summed E-state index contributed by atoms with van der Waals surface area (Å²) in [6.07, 6.45) is 6.87. The van der Waals surface area contributed by atoms with Gasteiger partial charge in [0.05, 0.1) is 19.3 Å². The quantitative estimate of drug-likeness (QED) is 0.0393. The number of benzene rings is 5. The number of nitrogens with zero attached hydrogens (tertiary/aromatic N) is 2. The Morgan fingerprint density at radius 3 is 2.12 bits per heavy atom. The number of aliphatic hydroxyl groups excluding tert-OH is 1. The van der Waals surface area contributed by atoms with Crippen LogP contribution >= 0.6 is 0 Å². The van der Waals surface area contributed by atoms with Crippen LogP contribution < -0.4 is 5.19 Å². The zero-order valence-electron chi connectivity index (χ0n) is 30.6. The first-order valence-electron chi connectivity index (χ1n) is 18.0. The molecule has 0 aliphatic rings. The monoisotopic (exact) mass is 858 g/mol. The summed E-state index contributed by atoms with van der Waals surface area (Å²) in [5.74, 6) is 0.547. The molecule has 0 aliphatic carbocycles. The number of para-hydroxylation sites is 1. The van der Waals surface area contributed by atoms with Crippen molar-refractivity contribution in [1.29, 1.82) is 0 Å². The maximum Gasteiger partial charge on any atom is 0.162 e. The van der Waals surface area contributed by atoms with Crippen LogP contribution in [0.3, 0.4) is 0 Å². The largest absolute Gasteiger partial charge is 0.512 e. The van der Waals surface area contributed by atoms with Crippen LogP contribution in [0.15, 0.2) is 90.8 Å². The Morgan fingerprint density at radius 1 is 0.840 bits per heavy atom. The van der Waals surface area contributed by atoms with Gasteiger partial charge in [-0.1, -0.05) is 106 Å². The van der Waals surface area contributed by atoms with Crippen molar-refractivity contribution in [3.63, 3.8) is 0 Å². The fourth-order valence-corrected chi connectivity index (χ4v) is 9.13. The molecule has 0 aliphatic heterocycles. The Morgan fingerprint density at radius 2 is 1.48 bits per heavy atom. The number of allylic oxidation sites excluding steroid dienone is 2.